The number of hydrogen-bond donors (Lipinski definition) is 1. The van der Waals surface area contributed by atoms with Gasteiger partial charge in [-0.05, 0) is 49.2 Å². The number of ether oxygens (including phenoxy) is 1. The molecule has 0 saturated carbocycles. The summed E-state index contributed by atoms with van der Waals surface area (Å²) in [6.45, 7) is 1.01. The number of carbonyl (C=O) groups is 2. The lowest BCUT2D eigenvalue weighted by Gasteiger charge is -2.32. The Balaban J connectivity index is 1.41. The highest BCUT2D eigenvalue weighted by Gasteiger charge is 2.24. The van der Waals surface area contributed by atoms with E-state index in [1.165, 1.54) is 30.5 Å². The topological polar surface area (TPSA) is 71.8 Å². The number of piperidine rings is 1. The second-order valence-corrected chi connectivity index (χ2v) is 5.85. The van der Waals surface area contributed by atoms with Crippen LogP contribution in [0.4, 0.5) is 4.39 Å². The first kappa shape index (κ1) is 17.0. The third-order valence-electron chi connectivity index (χ3n) is 4.10. The van der Waals surface area contributed by atoms with Gasteiger partial charge >= 0.3 is 0 Å². The number of rotatable bonds is 5. The van der Waals surface area contributed by atoms with Crippen LogP contribution in [0.5, 0.6) is 5.75 Å². The van der Waals surface area contributed by atoms with Crippen LogP contribution in [0.3, 0.4) is 0 Å². The van der Waals surface area contributed by atoms with E-state index in [-0.39, 0.29) is 36.0 Å². The van der Waals surface area contributed by atoms with Crippen molar-refractivity contribution < 1.29 is 23.1 Å². The van der Waals surface area contributed by atoms with Gasteiger partial charge in [0.15, 0.2) is 12.4 Å². The number of likely N-dealkylation sites (tertiary alicyclic amines) is 1. The Morgan fingerprint density at radius 2 is 1.92 bits per heavy atom. The summed E-state index contributed by atoms with van der Waals surface area (Å²) in [5.74, 6) is 0.0217. The van der Waals surface area contributed by atoms with Crippen LogP contribution in [0, 0.1) is 5.82 Å². The fraction of sp³-hybridized carbons (Fsp3) is 0.333. The zero-order valence-corrected chi connectivity index (χ0v) is 13.6. The molecule has 25 heavy (non-hydrogen) atoms. The highest BCUT2D eigenvalue weighted by Crippen LogP contribution is 2.14. The minimum atomic E-state index is -0.350. The minimum absolute atomic E-state index is 0.0136. The molecule has 2 heterocycles. The maximum Gasteiger partial charge on any atom is 0.287 e. The first-order valence-corrected chi connectivity index (χ1v) is 8.12. The number of furan rings is 1. The van der Waals surface area contributed by atoms with Crippen molar-refractivity contribution in [2.45, 2.75) is 18.9 Å². The number of carbonyl (C=O) groups excluding carboxylic acids is 2. The van der Waals surface area contributed by atoms with Crippen molar-refractivity contribution in [3.05, 3.63) is 54.2 Å². The van der Waals surface area contributed by atoms with Gasteiger partial charge in [-0.25, -0.2) is 4.39 Å². The molecular formula is C18H19FN2O4. The van der Waals surface area contributed by atoms with Crippen LogP contribution in [0.1, 0.15) is 23.4 Å². The Hall–Kier alpha value is -2.83. The van der Waals surface area contributed by atoms with Gasteiger partial charge in [-0.2, -0.15) is 0 Å². The number of hydrogen-bond acceptors (Lipinski definition) is 4. The molecule has 6 nitrogen and oxygen atoms in total. The molecule has 0 aliphatic carbocycles. The number of nitrogens with one attached hydrogen (secondary N) is 1. The highest BCUT2D eigenvalue weighted by molar-refractivity contribution is 5.91. The van der Waals surface area contributed by atoms with Gasteiger partial charge in [-0.3, -0.25) is 9.59 Å². The van der Waals surface area contributed by atoms with E-state index in [0.29, 0.717) is 31.7 Å². The predicted molar refractivity (Wildman–Crippen MR) is 87.7 cm³/mol. The standard InChI is InChI=1S/C18H19FN2O4/c19-13-3-5-15(6-4-13)25-12-17(22)21-9-7-14(8-10-21)20-18(23)16-2-1-11-24-16/h1-6,11,14H,7-10,12H2,(H,20,23). The van der Waals surface area contributed by atoms with Crippen LogP contribution in [-0.4, -0.2) is 42.5 Å². The predicted octanol–water partition coefficient (Wildman–Crippen LogP) is 2.22. The quantitative estimate of drug-likeness (QED) is 0.901. The van der Waals surface area contributed by atoms with E-state index in [2.05, 4.69) is 5.32 Å². The molecule has 1 fully saturated rings. The third kappa shape index (κ3) is 4.59. The molecule has 1 aromatic carbocycles. The van der Waals surface area contributed by atoms with Crippen LogP contribution >= 0.6 is 0 Å². The number of amides is 2. The monoisotopic (exact) mass is 346 g/mol. The number of halogens is 1. The van der Waals surface area contributed by atoms with Gasteiger partial charge < -0.3 is 19.4 Å². The van der Waals surface area contributed by atoms with Crippen LogP contribution in [0.25, 0.3) is 0 Å². The lowest BCUT2D eigenvalue weighted by Crippen LogP contribution is -2.47. The van der Waals surface area contributed by atoms with Gasteiger partial charge in [-0.15, -0.1) is 0 Å². The fourth-order valence-corrected chi connectivity index (χ4v) is 2.70. The van der Waals surface area contributed by atoms with Crippen LogP contribution in [-0.2, 0) is 4.79 Å². The van der Waals surface area contributed by atoms with Crippen molar-refractivity contribution in [3.63, 3.8) is 0 Å². The highest BCUT2D eigenvalue weighted by atomic mass is 19.1. The average molecular weight is 346 g/mol. The maximum atomic E-state index is 12.8. The molecule has 0 atom stereocenters. The molecule has 1 aliphatic rings. The van der Waals surface area contributed by atoms with Gasteiger partial charge in [0.1, 0.15) is 11.6 Å². The molecule has 2 amide bonds. The van der Waals surface area contributed by atoms with Gasteiger partial charge in [-0.1, -0.05) is 0 Å². The Labute approximate surface area is 144 Å². The molecular weight excluding hydrogens is 327 g/mol. The molecule has 3 rings (SSSR count). The Morgan fingerprint density at radius 1 is 1.20 bits per heavy atom. The van der Waals surface area contributed by atoms with Crippen molar-refractivity contribution in [2.75, 3.05) is 19.7 Å². The third-order valence-corrected chi connectivity index (χ3v) is 4.10. The number of benzene rings is 1. The summed E-state index contributed by atoms with van der Waals surface area (Å²) < 4.78 is 23.3. The van der Waals surface area contributed by atoms with Gasteiger partial charge in [0.25, 0.3) is 11.8 Å². The smallest absolute Gasteiger partial charge is 0.287 e. The van der Waals surface area contributed by atoms with E-state index in [9.17, 15) is 14.0 Å². The van der Waals surface area contributed by atoms with Crippen molar-refractivity contribution in [3.8, 4) is 5.75 Å². The first-order chi connectivity index (χ1) is 12.1. The molecule has 132 valence electrons. The molecule has 1 saturated heterocycles. The first-order valence-electron chi connectivity index (χ1n) is 8.12. The summed E-state index contributed by atoms with van der Waals surface area (Å²) in [6.07, 6.45) is 2.81. The van der Waals surface area contributed by atoms with E-state index >= 15 is 0 Å². The Morgan fingerprint density at radius 3 is 2.56 bits per heavy atom. The van der Waals surface area contributed by atoms with E-state index in [0.717, 1.165) is 0 Å². The lowest BCUT2D eigenvalue weighted by molar-refractivity contribution is -0.134. The molecule has 1 N–H and O–H groups in total. The van der Waals surface area contributed by atoms with Crippen molar-refractivity contribution in [2.24, 2.45) is 0 Å². The van der Waals surface area contributed by atoms with E-state index in [4.69, 9.17) is 9.15 Å². The largest absolute Gasteiger partial charge is 0.484 e. The minimum Gasteiger partial charge on any atom is -0.484 e. The van der Waals surface area contributed by atoms with Gasteiger partial charge in [0.05, 0.1) is 6.26 Å². The van der Waals surface area contributed by atoms with Crippen LogP contribution in [0.2, 0.25) is 0 Å². The molecule has 2 aromatic rings. The maximum absolute atomic E-state index is 12.8. The second kappa shape index (κ2) is 7.83. The molecule has 0 radical (unpaired) electrons. The average Bonchev–Trinajstić information content (AvgIpc) is 3.16. The summed E-state index contributed by atoms with van der Waals surface area (Å²) >= 11 is 0. The van der Waals surface area contributed by atoms with Crippen molar-refractivity contribution >= 4 is 11.8 Å². The van der Waals surface area contributed by atoms with E-state index in [1.54, 1.807) is 17.0 Å². The molecule has 7 heteroatoms. The summed E-state index contributed by atoms with van der Waals surface area (Å²) in [7, 11) is 0. The van der Waals surface area contributed by atoms with E-state index in [1.807, 2.05) is 0 Å². The summed E-state index contributed by atoms with van der Waals surface area (Å²) in [5, 5.41) is 2.91. The number of nitrogens with zero attached hydrogens (tertiary/aromatic N) is 1. The van der Waals surface area contributed by atoms with Crippen LogP contribution in [0.15, 0.2) is 47.1 Å². The summed E-state index contributed by atoms with van der Waals surface area (Å²) in [5.41, 5.74) is 0. The second-order valence-electron chi connectivity index (χ2n) is 5.85. The van der Waals surface area contributed by atoms with Gasteiger partial charge in [0.2, 0.25) is 0 Å². The Kier molecular flexibility index (Phi) is 5.33. The van der Waals surface area contributed by atoms with Crippen LogP contribution < -0.4 is 10.1 Å². The Bertz CT molecular complexity index is 707. The molecule has 1 aliphatic heterocycles. The summed E-state index contributed by atoms with van der Waals surface area (Å²) in [4.78, 5) is 25.8. The molecule has 1 aromatic heterocycles. The summed E-state index contributed by atoms with van der Waals surface area (Å²) in [6, 6.07) is 8.83. The zero-order chi connectivity index (χ0) is 17.6. The fourth-order valence-electron chi connectivity index (χ4n) is 2.70. The van der Waals surface area contributed by atoms with Gasteiger partial charge in [0, 0.05) is 19.1 Å². The molecule has 0 bridgehead atoms. The van der Waals surface area contributed by atoms with Crippen molar-refractivity contribution in [1.82, 2.24) is 10.2 Å². The molecule has 0 unspecified atom stereocenters. The SMILES string of the molecule is O=C(NC1CCN(C(=O)COc2ccc(F)cc2)CC1)c1ccco1. The van der Waals surface area contributed by atoms with Crippen molar-refractivity contribution in [1.29, 1.82) is 0 Å². The lowest BCUT2D eigenvalue weighted by atomic mass is 10.0. The zero-order valence-electron chi connectivity index (χ0n) is 13.6. The normalized spacial score (nSPS) is 15.0. The molecule has 0 spiro atoms. The van der Waals surface area contributed by atoms with E-state index < -0.39 is 0 Å².